The monoisotopic (exact) mass is 282 g/mol. The van der Waals surface area contributed by atoms with E-state index in [9.17, 15) is 4.79 Å². The normalized spacial score (nSPS) is 11.5. The van der Waals surface area contributed by atoms with E-state index in [1.807, 2.05) is 13.8 Å². The van der Waals surface area contributed by atoms with Gasteiger partial charge in [-0.3, -0.25) is 4.79 Å². The quantitative estimate of drug-likeness (QED) is 0.837. The van der Waals surface area contributed by atoms with Crippen LogP contribution >= 0.6 is 11.3 Å². The molecular weight excluding hydrogens is 268 g/mol. The Labute approximate surface area is 113 Å². The average molecular weight is 282 g/mol. The minimum absolute atomic E-state index is 0.106. The molecule has 2 rings (SSSR count). The summed E-state index contributed by atoms with van der Waals surface area (Å²) in [6.07, 6.45) is 2.08. The van der Waals surface area contributed by atoms with Crippen molar-refractivity contribution in [2.45, 2.75) is 32.2 Å². The number of carboxylic acids is 1. The zero-order valence-electron chi connectivity index (χ0n) is 10.6. The Hall–Kier alpha value is -1.96. The number of hydrogen-bond donors (Lipinski definition) is 2. The first-order chi connectivity index (χ1) is 8.96. The third kappa shape index (κ3) is 3.75. The van der Waals surface area contributed by atoms with Gasteiger partial charge < -0.3 is 14.9 Å². The number of carboxylic acid groups (broad SMARTS) is 1. The predicted octanol–water partition coefficient (Wildman–Crippen LogP) is 2.25. The van der Waals surface area contributed by atoms with Crippen LogP contribution in [0.3, 0.4) is 0 Å². The van der Waals surface area contributed by atoms with Gasteiger partial charge in [0, 0.05) is 18.0 Å². The molecule has 0 aliphatic rings. The lowest BCUT2D eigenvalue weighted by molar-refractivity contribution is -0.137. The molecule has 0 aliphatic heterocycles. The summed E-state index contributed by atoms with van der Waals surface area (Å²) < 4.78 is 4.75. The molecule has 8 heteroatoms. The highest BCUT2D eigenvalue weighted by Crippen LogP contribution is 2.27. The summed E-state index contributed by atoms with van der Waals surface area (Å²) in [6.45, 7) is 3.85. The molecular formula is C11H14N4O3S. The second-order valence-corrected chi connectivity index (χ2v) is 5.68. The van der Waals surface area contributed by atoms with Gasteiger partial charge >= 0.3 is 5.97 Å². The topological polar surface area (TPSA) is 101 Å². The number of carbonyl (C=O) groups is 1. The van der Waals surface area contributed by atoms with E-state index in [4.69, 9.17) is 9.63 Å². The molecule has 0 spiro atoms. The van der Waals surface area contributed by atoms with E-state index in [2.05, 4.69) is 20.7 Å². The average Bonchev–Trinajstić information content (AvgIpc) is 2.95. The molecule has 0 amide bonds. The van der Waals surface area contributed by atoms with E-state index in [0.29, 0.717) is 22.3 Å². The van der Waals surface area contributed by atoms with E-state index < -0.39 is 5.97 Å². The van der Waals surface area contributed by atoms with Crippen LogP contribution in [0.4, 0.5) is 5.13 Å². The van der Waals surface area contributed by atoms with Crippen molar-refractivity contribution in [1.29, 1.82) is 0 Å². The van der Waals surface area contributed by atoms with Gasteiger partial charge in [-0.2, -0.15) is 0 Å². The van der Waals surface area contributed by atoms with Crippen molar-refractivity contribution in [3.63, 3.8) is 0 Å². The smallest absolute Gasteiger partial charge is 0.303 e. The van der Waals surface area contributed by atoms with Gasteiger partial charge in [-0.1, -0.05) is 16.5 Å². The van der Waals surface area contributed by atoms with Gasteiger partial charge in [-0.05, 0) is 20.3 Å². The molecule has 0 fully saturated rings. The molecule has 0 atom stereocenters. The summed E-state index contributed by atoms with van der Waals surface area (Å²) in [4.78, 5) is 10.6. The van der Waals surface area contributed by atoms with Crippen molar-refractivity contribution in [1.82, 2.24) is 15.4 Å². The van der Waals surface area contributed by atoms with Gasteiger partial charge in [-0.15, -0.1) is 10.2 Å². The van der Waals surface area contributed by atoms with E-state index in [0.717, 1.165) is 0 Å². The van der Waals surface area contributed by atoms with Crippen LogP contribution in [0, 0.1) is 0 Å². The van der Waals surface area contributed by atoms with Crippen LogP contribution in [0.25, 0.3) is 10.7 Å². The first-order valence-electron chi connectivity index (χ1n) is 5.70. The van der Waals surface area contributed by atoms with E-state index >= 15 is 0 Å². The Morgan fingerprint density at radius 1 is 1.53 bits per heavy atom. The number of hydrogen-bond acceptors (Lipinski definition) is 7. The molecule has 0 saturated heterocycles. The highest BCUT2D eigenvalue weighted by atomic mass is 32.1. The minimum Gasteiger partial charge on any atom is -0.481 e. The number of rotatable bonds is 6. The van der Waals surface area contributed by atoms with Crippen molar-refractivity contribution in [3.05, 3.63) is 12.3 Å². The molecule has 19 heavy (non-hydrogen) atoms. The van der Waals surface area contributed by atoms with E-state index in [1.165, 1.54) is 17.6 Å². The largest absolute Gasteiger partial charge is 0.481 e. The highest BCUT2D eigenvalue weighted by molar-refractivity contribution is 7.18. The van der Waals surface area contributed by atoms with E-state index in [1.54, 1.807) is 6.07 Å². The Kier molecular flexibility index (Phi) is 3.79. The highest BCUT2D eigenvalue weighted by Gasteiger charge is 2.21. The number of aromatic nitrogens is 3. The van der Waals surface area contributed by atoms with Crippen molar-refractivity contribution in [2.24, 2.45) is 0 Å². The van der Waals surface area contributed by atoms with Crippen LogP contribution in [0.5, 0.6) is 0 Å². The fraction of sp³-hybridized carbons (Fsp3) is 0.455. The molecule has 2 aromatic heterocycles. The third-order valence-corrected chi connectivity index (χ3v) is 3.35. The molecule has 0 aliphatic carbocycles. The first kappa shape index (κ1) is 13.5. The zero-order valence-corrected chi connectivity index (χ0v) is 11.4. The van der Waals surface area contributed by atoms with Crippen molar-refractivity contribution in [2.75, 3.05) is 5.32 Å². The number of anilines is 1. The van der Waals surface area contributed by atoms with Crippen LogP contribution in [0.1, 0.15) is 26.7 Å². The van der Waals surface area contributed by atoms with Crippen LogP contribution in [0.2, 0.25) is 0 Å². The molecule has 2 aromatic rings. The third-order valence-electron chi connectivity index (χ3n) is 2.49. The zero-order chi connectivity index (χ0) is 13.9. The summed E-state index contributed by atoms with van der Waals surface area (Å²) in [5.74, 6) is -0.810. The molecule has 2 heterocycles. The molecule has 102 valence electrons. The van der Waals surface area contributed by atoms with Gasteiger partial charge in [0.1, 0.15) is 12.0 Å². The number of aliphatic carboxylic acids is 1. The molecule has 2 N–H and O–H groups in total. The van der Waals surface area contributed by atoms with Crippen LogP contribution in [-0.2, 0) is 4.79 Å². The Balaban J connectivity index is 2.01. The molecule has 7 nitrogen and oxygen atoms in total. The molecule has 0 unspecified atom stereocenters. The summed E-state index contributed by atoms with van der Waals surface area (Å²) in [5.41, 5.74) is 0.271. The van der Waals surface area contributed by atoms with Gasteiger partial charge in [0.2, 0.25) is 5.13 Å². The predicted molar refractivity (Wildman–Crippen MR) is 70.0 cm³/mol. The maximum Gasteiger partial charge on any atom is 0.303 e. The van der Waals surface area contributed by atoms with E-state index in [-0.39, 0.29) is 12.0 Å². The number of nitrogens with zero attached hydrogens (tertiary/aromatic N) is 3. The van der Waals surface area contributed by atoms with Gasteiger partial charge in [0.05, 0.1) is 0 Å². The SMILES string of the molecule is CC(C)(CCC(=O)O)Nc1nnc(-c2ccon2)s1. The standard InChI is InChI=1S/C11H14N4O3S/c1-11(2,5-3-8(16)17)12-10-14-13-9(19-10)7-4-6-18-15-7/h4,6H,3,5H2,1-2H3,(H,12,14)(H,16,17). The minimum atomic E-state index is -0.810. The second kappa shape index (κ2) is 5.35. The summed E-state index contributed by atoms with van der Waals surface area (Å²) in [5, 5.41) is 25.0. The lowest BCUT2D eigenvalue weighted by atomic mass is 9.99. The maximum atomic E-state index is 10.6. The van der Waals surface area contributed by atoms with Gasteiger partial charge in [-0.25, -0.2) is 0 Å². The van der Waals surface area contributed by atoms with Crippen molar-refractivity contribution < 1.29 is 14.4 Å². The van der Waals surface area contributed by atoms with Crippen LogP contribution < -0.4 is 5.32 Å². The van der Waals surface area contributed by atoms with Crippen molar-refractivity contribution >= 4 is 22.4 Å². The van der Waals surface area contributed by atoms with Gasteiger partial charge in [0.15, 0.2) is 5.01 Å². The molecule has 0 saturated carbocycles. The fourth-order valence-corrected chi connectivity index (χ4v) is 2.36. The maximum absolute atomic E-state index is 10.6. The lowest BCUT2D eigenvalue weighted by Crippen LogP contribution is -2.31. The lowest BCUT2D eigenvalue weighted by Gasteiger charge is -2.24. The Morgan fingerprint density at radius 2 is 2.32 bits per heavy atom. The summed E-state index contributed by atoms with van der Waals surface area (Å²) >= 11 is 1.35. The molecule has 0 aromatic carbocycles. The second-order valence-electron chi connectivity index (χ2n) is 4.70. The van der Waals surface area contributed by atoms with Gasteiger partial charge in [0.25, 0.3) is 0 Å². The summed E-state index contributed by atoms with van der Waals surface area (Å²) in [7, 11) is 0. The summed E-state index contributed by atoms with van der Waals surface area (Å²) in [6, 6.07) is 1.71. The van der Waals surface area contributed by atoms with Crippen LogP contribution in [-0.4, -0.2) is 32.0 Å². The number of nitrogens with one attached hydrogen (secondary N) is 1. The first-order valence-corrected chi connectivity index (χ1v) is 6.52. The Morgan fingerprint density at radius 3 is 2.95 bits per heavy atom. The Bertz CT molecular complexity index is 550. The van der Waals surface area contributed by atoms with Crippen LogP contribution in [0.15, 0.2) is 16.9 Å². The molecule has 0 bridgehead atoms. The fourth-order valence-electron chi connectivity index (χ4n) is 1.47. The molecule has 0 radical (unpaired) electrons. The van der Waals surface area contributed by atoms with Crippen molar-refractivity contribution in [3.8, 4) is 10.7 Å².